The second kappa shape index (κ2) is 6.58. The van der Waals surface area contributed by atoms with E-state index in [1.807, 2.05) is 0 Å². The molecule has 0 amide bonds. The van der Waals surface area contributed by atoms with Crippen molar-refractivity contribution >= 4 is 17.3 Å². The van der Waals surface area contributed by atoms with Crippen LogP contribution in [0.5, 0.6) is 5.75 Å². The fourth-order valence-corrected chi connectivity index (χ4v) is 2.51. The lowest BCUT2D eigenvalue weighted by Crippen LogP contribution is -2.04. The van der Waals surface area contributed by atoms with Crippen LogP contribution in [-0.4, -0.2) is 29.9 Å². The number of hydrogen-bond donors (Lipinski definition) is 0. The first-order valence-corrected chi connectivity index (χ1v) is 7.60. The number of methoxy groups -OCH3 is 1. The molecule has 5 heteroatoms. The smallest absolute Gasteiger partial charge is 0.338 e. The van der Waals surface area contributed by atoms with E-state index in [0.717, 1.165) is 5.52 Å². The summed E-state index contributed by atoms with van der Waals surface area (Å²) in [5.41, 5.74) is 2.31. The molecule has 0 aliphatic carbocycles. The zero-order valence-electron chi connectivity index (χ0n) is 13.5. The highest BCUT2D eigenvalue weighted by molar-refractivity contribution is 6.10. The molecule has 0 saturated carbocycles. The number of carbonyl (C=O) groups excluding carboxylic acids is 2. The maximum Gasteiger partial charge on any atom is 0.338 e. The van der Waals surface area contributed by atoms with E-state index in [0.29, 0.717) is 29.0 Å². The minimum absolute atomic E-state index is 0.102. The monoisotopic (exact) mass is 323 g/mol. The molecule has 1 aromatic carbocycles. The molecule has 0 spiro atoms. The van der Waals surface area contributed by atoms with E-state index in [1.54, 1.807) is 73.3 Å². The Morgan fingerprint density at radius 1 is 1.04 bits per heavy atom. The Morgan fingerprint density at radius 3 is 2.58 bits per heavy atom. The third kappa shape index (κ3) is 3.01. The van der Waals surface area contributed by atoms with Crippen LogP contribution in [0.2, 0.25) is 0 Å². The fraction of sp³-hybridized carbons (Fsp3) is 0.158. The number of rotatable bonds is 5. The van der Waals surface area contributed by atoms with Gasteiger partial charge in [-0.05, 0) is 37.3 Å². The lowest BCUT2D eigenvalue weighted by Gasteiger charge is -2.02. The summed E-state index contributed by atoms with van der Waals surface area (Å²) in [5, 5.41) is 0. The molecule has 2 heterocycles. The normalized spacial score (nSPS) is 10.6. The van der Waals surface area contributed by atoms with Crippen molar-refractivity contribution in [3.63, 3.8) is 0 Å². The fourth-order valence-electron chi connectivity index (χ4n) is 2.51. The second-order valence-electron chi connectivity index (χ2n) is 5.26. The molecule has 3 aromatic rings. The van der Waals surface area contributed by atoms with Gasteiger partial charge in [0, 0.05) is 29.0 Å². The predicted molar refractivity (Wildman–Crippen MR) is 89.8 cm³/mol. The van der Waals surface area contributed by atoms with Gasteiger partial charge in [-0.1, -0.05) is 12.1 Å². The number of fused-ring (bicyclic) bond motifs is 1. The topological polar surface area (TPSA) is 57.0 Å². The summed E-state index contributed by atoms with van der Waals surface area (Å²) < 4.78 is 12.0. The van der Waals surface area contributed by atoms with Crippen LogP contribution in [0.4, 0.5) is 0 Å². The molecule has 0 aliphatic rings. The molecule has 0 unspecified atom stereocenters. The van der Waals surface area contributed by atoms with Gasteiger partial charge in [0.05, 0.1) is 19.3 Å². The summed E-state index contributed by atoms with van der Waals surface area (Å²) in [4.78, 5) is 24.5. The van der Waals surface area contributed by atoms with Gasteiger partial charge in [-0.15, -0.1) is 0 Å². The number of hydrogen-bond acceptors (Lipinski definition) is 4. The van der Waals surface area contributed by atoms with Crippen molar-refractivity contribution in [3.05, 3.63) is 71.5 Å². The van der Waals surface area contributed by atoms with Gasteiger partial charge in [-0.3, -0.25) is 4.79 Å². The number of aromatic nitrogens is 1. The van der Waals surface area contributed by atoms with Gasteiger partial charge in [0.25, 0.3) is 0 Å². The Labute approximate surface area is 139 Å². The highest BCUT2D eigenvalue weighted by atomic mass is 16.5. The first-order valence-electron chi connectivity index (χ1n) is 7.60. The van der Waals surface area contributed by atoms with Crippen LogP contribution in [0.3, 0.4) is 0 Å². The van der Waals surface area contributed by atoms with Crippen molar-refractivity contribution in [1.29, 1.82) is 0 Å². The van der Waals surface area contributed by atoms with Crippen LogP contribution >= 0.6 is 0 Å². The van der Waals surface area contributed by atoms with Crippen LogP contribution < -0.4 is 4.74 Å². The number of nitrogens with zero attached hydrogens (tertiary/aromatic N) is 1. The molecule has 0 aliphatic heterocycles. The number of esters is 1. The number of ether oxygens (including phenoxy) is 2. The number of carbonyl (C=O) groups is 2. The van der Waals surface area contributed by atoms with Crippen LogP contribution in [-0.2, 0) is 4.74 Å². The van der Waals surface area contributed by atoms with Crippen LogP contribution in [0.25, 0.3) is 5.52 Å². The lowest BCUT2D eigenvalue weighted by atomic mass is 10.1. The van der Waals surface area contributed by atoms with Crippen molar-refractivity contribution in [2.45, 2.75) is 6.92 Å². The van der Waals surface area contributed by atoms with Gasteiger partial charge in [-0.25, -0.2) is 4.79 Å². The molecular formula is C19H17NO4. The Hall–Kier alpha value is -3.08. The largest absolute Gasteiger partial charge is 0.497 e. The maximum absolute atomic E-state index is 12.6. The molecule has 0 radical (unpaired) electrons. The van der Waals surface area contributed by atoms with Crippen LogP contribution in [0.1, 0.15) is 33.2 Å². The van der Waals surface area contributed by atoms with E-state index in [-0.39, 0.29) is 11.8 Å². The number of pyridine rings is 1. The van der Waals surface area contributed by atoms with Gasteiger partial charge >= 0.3 is 5.97 Å². The summed E-state index contributed by atoms with van der Waals surface area (Å²) in [6.07, 6.45) is 3.48. The van der Waals surface area contributed by atoms with Crippen molar-refractivity contribution in [2.24, 2.45) is 0 Å². The van der Waals surface area contributed by atoms with Gasteiger partial charge in [0.2, 0.25) is 0 Å². The van der Waals surface area contributed by atoms with Crippen molar-refractivity contribution < 1.29 is 19.1 Å². The highest BCUT2D eigenvalue weighted by Crippen LogP contribution is 2.19. The van der Waals surface area contributed by atoms with Crippen molar-refractivity contribution in [1.82, 2.24) is 4.40 Å². The molecule has 122 valence electrons. The molecule has 0 N–H and O–H groups in total. The summed E-state index contributed by atoms with van der Waals surface area (Å²) in [6, 6.07) is 12.2. The first kappa shape index (κ1) is 15.8. The maximum atomic E-state index is 12.6. The minimum Gasteiger partial charge on any atom is -0.497 e. The molecule has 0 saturated heterocycles. The predicted octanol–water partition coefficient (Wildman–Crippen LogP) is 3.36. The van der Waals surface area contributed by atoms with E-state index in [2.05, 4.69) is 0 Å². The highest BCUT2D eigenvalue weighted by Gasteiger charge is 2.14. The number of ketones is 1. The second-order valence-corrected chi connectivity index (χ2v) is 5.26. The molecular weight excluding hydrogens is 306 g/mol. The summed E-state index contributed by atoms with van der Waals surface area (Å²) in [5.74, 6) is 0.159. The summed E-state index contributed by atoms with van der Waals surface area (Å²) in [6.45, 7) is 2.09. The average Bonchev–Trinajstić information content (AvgIpc) is 3.04. The van der Waals surface area contributed by atoms with E-state index >= 15 is 0 Å². The molecule has 5 nitrogen and oxygen atoms in total. The summed E-state index contributed by atoms with van der Waals surface area (Å²) >= 11 is 0. The Kier molecular flexibility index (Phi) is 4.33. The van der Waals surface area contributed by atoms with Crippen molar-refractivity contribution in [2.75, 3.05) is 13.7 Å². The molecule has 0 bridgehead atoms. The average molecular weight is 323 g/mol. The first-order chi connectivity index (χ1) is 11.6. The van der Waals surface area contributed by atoms with Crippen LogP contribution in [0, 0.1) is 0 Å². The Bertz CT molecular complexity index is 911. The summed E-state index contributed by atoms with van der Waals surface area (Å²) in [7, 11) is 1.56. The Morgan fingerprint density at radius 2 is 1.83 bits per heavy atom. The SMILES string of the molecule is CCOC(=O)c1ccn2cc(C(=O)c3cccc(OC)c3)cc2c1. The molecule has 0 fully saturated rings. The van der Waals surface area contributed by atoms with Gasteiger partial charge < -0.3 is 13.9 Å². The molecule has 2 aromatic heterocycles. The van der Waals surface area contributed by atoms with Gasteiger partial charge in [0.1, 0.15) is 5.75 Å². The lowest BCUT2D eigenvalue weighted by molar-refractivity contribution is 0.0526. The van der Waals surface area contributed by atoms with E-state index < -0.39 is 0 Å². The van der Waals surface area contributed by atoms with Crippen LogP contribution in [0.15, 0.2) is 54.9 Å². The van der Waals surface area contributed by atoms with Gasteiger partial charge in [-0.2, -0.15) is 0 Å². The molecule has 0 atom stereocenters. The zero-order chi connectivity index (χ0) is 17.1. The Balaban J connectivity index is 1.95. The molecule has 24 heavy (non-hydrogen) atoms. The van der Waals surface area contributed by atoms with E-state index in [4.69, 9.17) is 9.47 Å². The third-order valence-corrected chi connectivity index (χ3v) is 3.70. The molecule has 3 rings (SSSR count). The zero-order valence-corrected chi connectivity index (χ0v) is 13.5. The van der Waals surface area contributed by atoms with Crippen molar-refractivity contribution in [3.8, 4) is 5.75 Å². The quantitative estimate of drug-likeness (QED) is 0.534. The third-order valence-electron chi connectivity index (χ3n) is 3.70. The standard InChI is InChI=1S/C19H17NO4/c1-3-24-19(22)14-7-8-20-12-15(10-16(20)9-14)18(21)13-5-4-6-17(11-13)23-2/h4-12H,3H2,1-2H3. The van der Waals surface area contributed by atoms with E-state index in [1.165, 1.54) is 0 Å². The number of benzene rings is 1. The van der Waals surface area contributed by atoms with E-state index in [9.17, 15) is 9.59 Å². The van der Waals surface area contributed by atoms with Gasteiger partial charge in [0.15, 0.2) is 5.78 Å². The minimum atomic E-state index is -0.373.